The monoisotopic (exact) mass is 466 g/mol. The summed E-state index contributed by atoms with van der Waals surface area (Å²) in [6, 6.07) is 16.9. The lowest BCUT2D eigenvalue weighted by Gasteiger charge is -2.26. The second-order valence-corrected chi connectivity index (χ2v) is 9.80. The summed E-state index contributed by atoms with van der Waals surface area (Å²) >= 11 is 0. The Bertz CT molecular complexity index is 1290. The summed E-state index contributed by atoms with van der Waals surface area (Å²) in [6.45, 7) is 4.48. The number of likely N-dealkylation sites (tertiary alicyclic amines) is 1. The number of rotatable bonds is 5. The zero-order valence-corrected chi connectivity index (χ0v) is 20.2. The number of pyridine rings is 1. The molecule has 1 atom stereocenters. The van der Waals surface area contributed by atoms with Crippen LogP contribution in [0.2, 0.25) is 0 Å². The van der Waals surface area contributed by atoms with E-state index >= 15 is 0 Å². The lowest BCUT2D eigenvalue weighted by molar-refractivity contribution is -0.140. The first-order valence-corrected chi connectivity index (χ1v) is 12.3. The number of aliphatic hydroxyl groups is 1. The van der Waals surface area contributed by atoms with Crippen LogP contribution in [-0.4, -0.2) is 26.7 Å². The van der Waals surface area contributed by atoms with Crippen LogP contribution in [0.1, 0.15) is 72.0 Å². The van der Waals surface area contributed by atoms with E-state index in [1.165, 1.54) is 23.1 Å². The SMILES string of the molecule is CC(C)c1ccc(C2/C(=C(/O)c3ccc4c(c3)CCCC4)C(=O)C(=O)N2Cc2cccnc2)cc1. The summed E-state index contributed by atoms with van der Waals surface area (Å²) in [7, 11) is 0. The van der Waals surface area contributed by atoms with Crippen LogP contribution in [-0.2, 0) is 29.0 Å². The van der Waals surface area contributed by atoms with Crippen LogP contribution in [0.15, 0.2) is 72.6 Å². The predicted molar refractivity (Wildman–Crippen MR) is 136 cm³/mol. The van der Waals surface area contributed by atoms with E-state index in [-0.39, 0.29) is 17.9 Å². The number of carbonyl (C=O) groups excluding carboxylic acids is 2. The van der Waals surface area contributed by atoms with Gasteiger partial charge in [0.05, 0.1) is 11.6 Å². The molecule has 2 heterocycles. The minimum atomic E-state index is -0.674. The van der Waals surface area contributed by atoms with E-state index in [0.717, 1.165) is 30.4 Å². The molecule has 178 valence electrons. The summed E-state index contributed by atoms with van der Waals surface area (Å²) < 4.78 is 0. The molecule has 1 amide bonds. The molecule has 5 heteroatoms. The van der Waals surface area contributed by atoms with Gasteiger partial charge in [0.25, 0.3) is 11.7 Å². The van der Waals surface area contributed by atoms with E-state index in [9.17, 15) is 14.7 Å². The second-order valence-electron chi connectivity index (χ2n) is 9.80. The number of aliphatic hydroxyl groups excluding tert-OH is 1. The summed E-state index contributed by atoms with van der Waals surface area (Å²) in [5.74, 6) is -1.00. The highest BCUT2D eigenvalue weighted by Gasteiger charge is 2.46. The highest BCUT2D eigenvalue weighted by molar-refractivity contribution is 6.46. The number of amides is 1. The lowest BCUT2D eigenvalue weighted by atomic mass is 9.88. The van der Waals surface area contributed by atoms with Crippen LogP contribution in [0.25, 0.3) is 5.76 Å². The maximum absolute atomic E-state index is 13.3. The fourth-order valence-corrected chi connectivity index (χ4v) is 5.18. The fourth-order valence-electron chi connectivity index (χ4n) is 5.18. The molecule has 5 nitrogen and oxygen atoms in total. The number of fused-ring (bicyclic) bond motifs is 1. The van der Waals surface area contributed by atoms with Gasteiger partial charge in [0.2, 0.25) is 0 Å². The summed E-state index contributed by atoms with van der Waals surface area (Å²) in [5.41, 5.74) is 6.05. The standard InChI is InChI=1S/C30H30N2O3/c1-19(2)21-9-12-23(13-10-21)27-26(28(33)25-14-11-22-7-3-4-8-24(22)16-25)29(34)30(35)32(27)18-20-6-5-15-31-17-20/h5-6,9-17,19,27,33H,3-4,7-8,18H2,1-2H3/b28-26-. The Labute approximate surface area is 206 Å². The van der Waals surface area contributed by atoms with Gasteiger partial charge < -0.3 is 10.0 Å². The van der Waals surface area contributed by atoms with Crippen molar-refractivity contribution in [2.75, 3.05) is 0 Å². The highest BCUT2D eigenvalue weighted by atomic mass is 16.3. The molecule has 5 rings (SSSR count). The van der Waals surface area contributed by atoms with Crippen molar-refractivity contribution in [3.63, 3.8) is 0 Å². The Kier molecular flexibility index (Phi) is 6.25. The van der Waals surface area contributed by atoms with Crippen molar-refractivity contribution in [2.24, 2.45) is 0 Å². The Morgan fingerprint density at radius 1 is 1.03 bits per heavy atom. The topological polar surface area (TPSA) is 70.5 Å². The summed E-state index contributed by atoms with van der Waals surface area (Å²) in [6.07, 6.45) is 7.66. The average Bonchev–Trinajstić information content (AvgIpc) is 3.13. The third-order valence-electron chi connectivity index (χ3n) is 7.16. The zero-order chi connectivity index (χ0) is 24.5. The third kappa shape index (κ3) is 4.39. The maximum Gasteiger partial charge on any atom is 0.295 e. The Hall–Kier alpha value is -3.73. The molecule has 35 heavy (non-hydrogen) atoms. The van der Waals surface area contributed by atoms with Crippen molar-refractivity contribution in [2.45, 2.75) is 58.0 Å². The normalized spacial score (nSPS) is 19.3. The van der Waals surface area contributed by atoms with E-state index in [2.05, 4.69) is 18.8 Å². The fraction of sp³-hybridized carbons (Fsp3) is 0.300. The van der Waals surface area contributed by atoms with Crippen LogP contribution >= 0.6 is 0 Å². The first kappa shape index (κ1) is 23.0. The lowest BCUT2D eigenvalue weighted by Crippen LogP contribution is -2.29. The van der Waals surface area contributed by atoms with Crippen molar-refractivity contribution in [3.8, 4) is 0 Å². The van der Waals surface area contributed by atoms with E-state index in [4.69, 9.17) is 0 Å². The number of ketones is 1. The molecular weight excluding hydrogens is 436 g/mol. The molecule has 1 aliphatic carbocycles. The maximum atomic E-state index is 13.3. The average molecular weight is 467 g/mol. The molecule has 1 saturated heterocycles. The van der Waals surface area contributed by atoms with Gasteiger partial charge in [0, 0.05) is 24.5 Å². The van der Waals surface area contributed by atoms with Crippen LogP contribution in [0.4, 0.5) is 0 Å². The molecule has 0 saturated carbocycles. The van der Waals surface area contributed by atoms with Crippen molar-refractivity contribution < 1.29 is 14.7 Å². The van der Waals surface area contributed by atoms with Gasteiger partial charge in [0.1, 0.15) is 5.76 Å². The molecule has 1 fully saturated rings. The van der Waals surface area contributed by atoms with Crippen molar-refractivity contribution in [3.05, 3.63) is 106 Å². The van der Waals surface area contributed by atoms with Crippen molar-refractivity contribution in [1.82, 2.24) is 9.88 Å². The third-order valence-corrected chi connectivity index (χ3v) is 7.16. The molecule has 0 radical (unpaired) electrons. The van der Waals surface area contributed by atoms with E-state index in [0.29, 0.717) is 11.5 Å². The number of hydrogen-bond acceptors (Lipinski definition) is 4. The Balaban J connectivity index is 1.62. The molecule has 1 unspecified atom stereocenters. The molecular formula is C30H30N2O3. The molecule has 2 aliphatic rings. The summed E-state index contributed by atoms with van der Waals surface area (Å²) in [4.78, 5) is 32.3. The Morgan fingerprint density at radius 2 is 1.77 bits per heavy atom. The number of benzene rings is 2. The van der Waals surface area contributed by atoms with Gasteiger partial charge in [0.15, 0.2) is 0 Å². The number of aryl methyl sites for hydroxylation is 2. The predicted octanol–water partition coefficient (Wildman–Crippen LogP) is 5.71. The smallest absolute Gasteiger partial charge is 0.295 e. The van der Waals surface area contributed by atoms with E-state index < -0.39 is 17.7 Å². The van der Waals surface area contributed by atoms with Gasteiger partial charge in [-0.3, -0.25) is 14.6 Å². The van der Waals surface area contributed by atoms with Gasteiger partial charge in [-0.15, -0.1) is 0 Å². The molecule has 1 aliphatic heterocycles. The van der Waals surface area contributed by atoms with Gasteiger partial charge in [-0.1, -0.05) is 56.3 Å². The Morgan fingerprint density at radius 3 is 2.46 bits per heavy atom. The number of aromatic nitrogens is 1. The minimum Gasteiger partial charge on any atom is -0.507 e. The number of Topliss-reactive ketones (excluding diaryl/α,β-unsaturated/α-hetero) is 1. The van der Waals surface area contributed by atoms with Gasteiger partial charge >= 0.3 is 0 Å². The van der Waals surface area contributed by atoms with Crippen LogP contribution in [0.3, 0.4) is 0 Å². The summed E-state index contributed by atoms with van der Waals surface area (Å²) in [5, 5.41) is 11.4. The van der Waals surface area contributed by atoms with Crippen LogP contribution in [0, 0.1) is 0 Å². The number of hydrogen-bond donors (Lipinski definition) is 1. The van der Waals surface area contributed by atoms with Crippen LogP contribution < -0.4 is 0 Å². The molecule has 0 spiro atoms. The highest BCUT2D eigenvalue weighted by Crippen LogP contribution is 2.41. The van der Waals surface area contributed by atoms with Crippen molar-refractivity contribution >= 4 is 17.4 Å². The molecule has 1 N–H and O–H groups in total. The van der Waals surface area contributed by atoms with Gasteiger partial charge in [-0.05, 0) is 71.6 Å². The zero-order valence-electron chi connectivity index (χ0n) is 20.2. The van der Waals surface area contributed by atoms with E-state index in [1.54, 1.807) is 17.3 Å². The number of nitrogens with zero attached hydrogens (tertiary/aromatic N) is 2. The van der Waals surface area contributed by atoms with Crippen LogP contribution in [0.5, 0.6) is 0 Å². The molecule has 3 aromatic rings. The molecule has 1 aromatic heterocycles. The van der Waals surface area contributed by atoms with Crippen molar-refractivity contribution in [1.29, 1.82) is 0 Å². The first-order chi connectivity index (χ1) is 16.9. The van der Waals surface area contributed by atoms with E-state index in [1.807, 2.05) is 54.6 Å². The second kappa shape index (κ2) is 9.49. The molecule has 0 bridgehead atoms. The van der Waals surface area contributed by atoms with Gasteiger partial charge in [-0.25, -0.2) is 0 Å². The number of carbonyl (C=O) groups is 2. The van der Waals surface area contributed by atoms with Gasteiger partial charge in [-0.2, -0.15) is 0 Å². The first-order valence-electron chi connectivity index (χ1n) is 12.3. The quantitative estimate of drug-likeness (QED) is 0.297. The molecule has 2 aromatic carbocycles. The minimum absolute atomic E-state index is 0.108. The largest absolute Gasteiger partial charge is 0.507 e.